The fraction of sp³-hybridized carbons (Fsp3) is 0.333. The third-order valence-electron chi connectivity index (χ3n) is 7.22. The number of nitrogens with zero attached hydrogens (tertiary/aromatic N) is 2. The highest BCUT2D eigenvalue weighted by Gasteiger charge is 2.67. The Kier molecular flexibility index (Phi) is 4.21. The molecule has 2 bridgehead atoms. The number of halogens is 1. The normalized spacial score (nSPS) is 31.9. The number of rotatable bonds is 4. The molecule has 3 fully saturated rings. The summed E-state index contributed by atoms with van der Waals surface area (Å²) in [6.07, 6.45) is 6.76. The lowest BCUT2D eigenvalue weighted by atomic mass is 9.63. The molecule has 8 heteroatoms. The molecule has 0 N–H and O–H groups in total. The molecular formula is C24H19ClN2O5. The van der Waals surface area contributed by atoms with Crippen LogP contribution in [0.25, 0.3) is 11.3 Å². The minimum absolute atomic E-state index is 0.163. The van der Waals surface area contributed by atoms with Gasteiger partial charge in [-0.15, -0.1) is 0 Å². The average Bonchev–Trinajstić information content (AvgIpc) is 3.44. The van der Waals surface area contributed by atoms with Crippen molar-refractivity contribution >= 4 is 35.6 Å². The predicted octanol–water partition coefficient (Wildman–Crippen LogP) is 3.77. The molecule has 6 unspecified atom stereocenters. The van der Waals surface area contributed by atoms with Crippen molar-refractivity contribution in [3.63, 3.8) is 0 Å². The Bertz CT molecular complexity index is 1190. The first kappa shape index (κ1) is 19.5. The van der Waals surface area contributed by atoms with E-state index in [-0.39, 0.29) is 46.1 Å². The molecule has 2 aromatic rings. The summed E-state index contributed by atoms with van der Waals surface area (Å²) in [6.45, 7) is 0. The zero-order valence-corrected chi connectivity index (χ0v) is 17.9. The molecule has 7 nitrogen and oxygen atoms in total. The van der Waals surface area contributed by atoms with Crippen LogP contribution in [0.2, 0.25) is 5.02 Å². The van der Waals surface area contributed by atoms with Crippen molar-refractivity contribution in [3.05, 3.63) is 58.8 Å². The van der Waals surface area contributed by atoms with Crippen LogP contribution in [0.4, 0.5) is 0 Å². The molecular weight excluding hydrogens is 432 g/mol. The largest absolute Gasteiger partial charge is 0.465 e. The van der Waals surface area contributed by atoms with E-state index < -0.39 is 5.97 Å². The number of carbonyl (C=O) groups is 3. The molecule has 5 aliphatic rings. The summed E-state index contributed by atoms with van der Waals surface area (Å²) in [5, 5.41) is 5.49. The van der Waals surface area contributed by atoms with Crippen LogP contribution >= 0.6 is 11.6 Å². The van der Waals surface area contributed by atoms with Crippen LogP contribution in [0.5, 0.6) is 0 Å². The molecule has 6 atom stereocenters. The monoisotopic (exact) mass is 450 g/mol. The molecule has 32 heavy (non-hydrogen) atoms. The number of hydrogen-bond acceptors (Lipinski definition) is 6. The SMILES string of the molecule is COC(=O)c1cc(-c2ccc(/C=N/N3C(=O)C4C5C=CC(C6CC56)C4C3=O)o2)ccc1Cl. The highest BCUT2D eigenvalue weighted by atomic mass is 35.5. The van der Waals surface area contributed by atoms with Gasteiger partial charge >= 0.3 is 5.97 Å². The molecule has 0 spiro atoms. The molecule has 4 aliphatic carbocycles. The predicted molar refractivity (Wildman–Crippen MR) is 115 cm³/mol. The van der Waals surface area contributed by atoms with Crippen molar-refractivity contribution in [1.82, 2.24) is 5.01 Å². The first-order valence-corrected chi connectivity index (χ1v) is 10.9. The second kappa shape index (κ2) is 6.90. The highest BCUT2D eigenvalue weighted by Crippen LogP contribution is 2.65. The number of amides is 2. The summed E-state index contributed by atoms with van der Waals surface area (Å²) in [7, 11) is 1.29. The number of hydrazone groups is 1. The third kappa shape index (κ3) is 2.73. The van der Waals surface area contributed by atoms with Gasteiger partial charge in [-0.05, 0) is 60.4 Å². The Hall–Kier alpha value is -3.19. The summed E-state index contributed by atoms with van der Waals surface area (Å²) < 4.78 is 10.5. The standard InChI is InChI=1S/C24H19ClN2O5/c1-31-24(30)17-8-11(2-6-18(17)25)19-7-3-12(32-19)10-26-27-22(28)20-13-4-5-14(16-9-15(13)16)21(20)23(27)29/h2-8,10,13-16,20-21H,9H2,1H3/b26-10+. The molecule has 1 aromatic heterocycles. The van der Waals surface area contributed by atoms with E-state index in [9.17, 15) is 14.4 Å². The molecule has 7 rings (SSSR count). The molecule has 1 saturated heterocycles. The van der Waals surface area contributed by atoms with Gasteiger partial charge < -0.3 is 9.15 Å². The highest BCUT2D eigenvalue weighted by molar-refractivity contribution is 6.33. The minimum Gasteiger partial charge on any atom is -0.465 e. The summed E-state index contributed by atoms with van der Waals surface area (Å²) in [4.78, 5) is 37.9. The number of hydrogen-bond donors (Lipinski definition) is 0. The van der Waals surface area contributed by atoms with Gasteiger partial charge in [-0.25, -0.2) is 4.79 Å². The summed E-state index contributed by atoms with van der Waals surface area (Å²) in [5.41, 5.74) is 0.867. The minimum atomic E-state index is -0.543. The van der Waals surface area contributed by atoms with Gasteiger partial charge in [0.2, 0.25) is 0 Å². The number of carbonyl (C=O) groups excluding carboxylic acids is 3. The molecule has 1 aromatic carbocycles. The number of allylic oxidation sites excluding steroid dienone is 2. The summed E-state index contributed by atoms with van der Waals surface area (Å²) in [5.74, 6) is 0.763. The molecule has 0 radical (unpaired) electrons. The molecule has 2 heterocycles. The van der Waals surface area contributed by atoms with Gasteiger partial charge in [0.05, 0.1) is 35.7 Å². The first-order chi connectivity index (χ1) is 15.5. The first-order valence-electron chi connectivity index (χ1n) is 10.6. The number of esters is 1. The smallest absolute Gasteiger partial charge is 0.339 e. The van der Waals surface area contributed by atoms with Crippen molar-refractivity contribution in [2.45, 2.75) is 6.42 Å². The zero-order chi connectivity index (χ0) is 22.1. The van der Waals surface area contributed by atoms with Gasteiger partial charge in [-0.3, -0.25) is 9.59 Å². The molecule has 2 amide bonds. The number of furan rings is 1. The fourth-order valence-electron chi connectivity index (χ4n) is 5.69. The quantitative estimate of drug-likeness (QED) is 0.306. The lowest BCUT2D eigenvalue weighted by Gasteiger charge is -2.37. The van der Waals surface area contributed by atoms with Gasteiger partial charge in [-0.1, -0.05) is 23.8 Å². The number of benzene rings is 1. The maximum Gasteiger partial charge on any atom is 0.339 e. The Balaban J connectivity index is 1.23. The van der Waals surface area contributed by atoms with Gasteiger partial charge in [0.1, 0.15) is 11.5 Å². The van der Waals surface area contributed by atoms with E-state index in [0.29, 0.717) is 28.9 Å². The van der Waals surface area contributed by atoms with Crippen molar-refractivity contribution in [2.24, 2.45) is 40.6 Å². The van der Waals surface area contributed by atoms with Gasteiger partial charge in [0.25, 0.3) is 11.8 Å². The number of imide groups is 1. The third-order valence-corrected chi connectivity index (χ3v) is 7.55. The van der Waals surface area contributed by atoms with E-state index in [1.54, 1.807) is 30.3 Å². The van der Waals surface area contributed by atoms with Crippen molar-refractivity contribution in [2.75, 3.05) is 7.11 Å². The van der Waals surface area contributed by atoms with Gasteiger partial charge in [0.15, 0.2) is 0 Å². The van der Waals surface area contributed by atoms with E-state index >= 15 is 0 Å². The van der Waals surface area contributed by atoms with E-state index in [0.717, 1.165) is 11.4 Å². The summed E-state index contributed by atoms with van der Waals surface area (Å²) in [6, 6.07) is 8.30. The maximum atomic E-state index is 13.0. The zero-order valence-electron chi connectivity index (χ0n) is 17.1. The average molecular weight is 451 g/mol. The Morgan fingerprint density at radius 2 is 1.81 bits per heavy atom. The van der Waals surface area contributed by atoms with Crippen LogP contribution in [0.1, 0.15) is 22.5 Å². The number of methoxy groups -OCH3 is 1. The lowest BCUT2D eigenvalue weighted by Crippen LogP contribution is -2.40. The number of ether oxygens (including phenoxy) is 1. The fourth-order valence-corrected chi connectivity index (χ4v) is 5.89. The second-order valence-electron chi connectivity index (χ2n) is 8.78. The van der Waals surface area contributed by atoms with Crippen LogP contribution < -0.4 is 0 Å². The van der Waals surface area contributed by atoms with Crippen LogP contribution in [0, 0.1) is 35.5 Å². The Labute approximate surface area is 188 Å². The van der Waals surface area contributed by atoms with E-state index in [2.05, 4.69) is 17.3 Å². The van der Waals surface area contributed by atoms with Crippen LogP contribution in [-0.4, -0.2) is 36.1 Å². The van der Waals surface area contributed by atoms with Crippen LogP contribution in [-0.2, 0) is 14.3 Å². The second-order valence-corrected chi connectivity index (χ2v) is 9.18. The molecule has 162 valence electrons. The molecule has 2 saturated carbocycles. The Morgan fingerprint density at radius 3 is 2.47 bits per heavy atom. The van der Waals surface area contributed by atoms with Gasteiger partial charge in [0, 0.05) is 5.56 Å². The van der Waals surface area contributed by atoms with Crippen molar-refractivity contribution in [1.29, 1.82) is 0 Å². The van der Waals surface area contributed by atoms with Crippen molar-refractivity contribution < 1.29 is 23.5 Å². The van der Waals surface area contributed by atoms with E-state index in [4.69, 9.17) is 20.8 Å². The Morgan fingerprint density at radius 1 is 1.12 bits per heavy atom. The van der Waals surface area contributed by atoms with Crippen LogP contribution in [0.3, 0.4) is 0 Å². The lowest BCUT2D eigenvalue weighted by molar-refractivity contribution is -0.140. The van der Waals surface area contributed by atoms with Gasteiger partial charge in [-0.2, -0.15) is 10.1 Å². The molecule has 1 aliphatic heterocycles. The van der Waals surface area contributed by atoms with E-state index in [1.165, 1.54) is 13.3 Å². The maximum absolute atomic E-state index is 13.0. The van der Waals surface area contributed by atoms with Crippen molar-refractivity contribution in [3.8, 4) is 11.3 Å². The summed E-state index contributed by atoms with van der Waals surface area (Å²) >= 11 is 6.07. The van der Waals surface area contributed by atoms with E-state index in [1.807, 2.05) is 0 Å². The topological polar surface area (TPSA) is 89.2 Å². The van der Waals surface area contributed by atoms with Crippen LogP contribution in [0.15, 0.2) is 52.0 Å².